The molecule has 0 saturated carbocycles. The summed E-state index contributed by atoms with van der Waals surface area (Å²) >= 11 is 0. The average Bonchev–Trinajstić information content (AvgIpc) is 2.37. The van der Waals surface area contributed by atoms with Gasteiger partial charge in [0.1, 0.15) is 0 Å². The van der Waals surface area contributed by atoms with Gasteiger partial charge in [-0.2, -0.15) is 5.10 Å². The van der Waals surface area contributed by atoms with Crippen molar-refractivity contribution in [3.05, 3.63) is 22.6 Å². The number of aryl methyl sites for hydroxylation is 1. The van der Waals surface area contributed by atoms with Crippen LogP contribution in [0.5, 0.6) is 0 Å². The molecule has 1 aromatic heterocycles. The standard InChI is InChI=1S/C13H19N3O3/c1-10-3-2-5-15(9-10)11-7-12(17)16(14-8-11)6-4-13(18)19/h7-8,10H,2-6,9H2,1H3,(H,18,19). The Labute approximate surface area is 111 Å². The van der Waals surface area contributed by atoms with E-state index < -0.39 is 5.97 Å². The summed E-state index contributed by atoms with van der Waals surface area (Å²) in [4.78, 5) is 24.5. The van der Waals surface area contributed by atoms with E-state index in [2.05, 4.69) is 16.9 Å². The first-order chi connectivity index (χ1) is 9.06. The predicted octanol–water partition coefficient (Wildman–Crippen LogP) is 0.954. The summed E-state index contributed by atoms with van der Waals surface area (Å²) in [7, 11) is 0. The van der Waals surface area contributed by atoms with Crippen LogP contribution in [0.3, 0.4) is 0 Å². The van der Waals surface area contributed by atoms with Crippen LogP contribution < -0.4 is 10.5 Å². The van der Waals surface area contributed by atoms with E-state index in [1.165, 1.54) is 11.1 Å². The quantitative estimate of drug-likeness (QED) is 0.877. The second-order valence-electron chi connectivity index (χ2n) is 5.11. The molecule has 1 atom stereocenters. The fourth-order valence-electron chi connectivity index (χ4n) is 2.39. The van der Waals surface area contributed by atoms with Gasteiger partial charge in [-0.3, -0.25) is 9.59 Å². The van der Waals surface area contributed by atoms with Gasteiger partial charge in [0.05, 0.1) is 24.8 Å². The molecule has 0 bridgehead atoms. The second kappa shape index (κ2) is 5.86. The molecule has 6 heteroatoms. The van der Waals surface area contributed by atoms with E-state index in [1.54, 1.807) is 12.3 Å². The Bertz CT molecular complexity index is 512. The highest BCUT2D eigenvalue weighted by atomic mass is 16.4. The van der Waals surface area contributed by atoms with E-state index in [9.17, 15) is 9.59 Å². The molecule has 0 radical (unpaired) electrons. The molecule has 2 rings (SSSR count). The number of aromatic nitrogens is 2. The van der Waals surface area contributed by atoms with Gasteiger partial charge >= 0.3 is 5.97 Å². The first kappa shape index (κ1) is 13.6. The van der Waals surface area contributed by atoms with Gasteiger partial charge in [-0.25, -0.2) is 4.68 Å². The van der Waals surface area contributed by atoms with Gasteiger partial charge in [0.2, 0.25) is 0 Å². The maximum atomic E-state index is 11.9. The van der Waals surface area contributed by atoms with Crippen molar-refractivity contribution in [3.63, 3.8) is 0 Å². The number of carboxylic acid groups (broad SMARTS) is 1. The van der Waals surface area contributed by atoms with Crippen LogP contribution in [0, 0.1) is 5.92 Å². The highest BCUT2D eigenvalue weighted by molar-refractivity contribution is 5.66. The maximum absolute atomic E-state index is 11.9. The number of aliphatic carboxylic acids is 1. The summed E-state index contributed by atoms with van der Waals surface area (Å²) in [6.07, 6.45) is 3.91. The van der Waals surface area contributed by atoms with Gasteiger partial charge in [-0.1, -0.05) is 6.92 Å². The molecular weight excluding hydrogens is 246 g/mol. The normalized spacial score (nSPS) is 19.4. The summed E-state index contributed by atoms with van der Waals surface area (Å²) in [5, 5.41) is 12.7. The Hall–Kier alpha value is -1.85. The van der Waals surface area contributed by atoms with Gasteiger partial charge in [0.25, 0.3) is 5.56 Å². The number of rotatable bonds is 4. The second-order valence-corrected chi connectivity index (χ2v) is 5.11. The number of anilines is 1. The van der Waals surface area contributed by atoms with Crippen LogP contribution in [-0.4, -0.2) is 33.9 Å². The van der Waals surface area contributed by atoms with Gasteiger partial charge < -0.3 is 10.0 Å². The number of carboxylic acids is 1. The SMILES string of the molecule is CC1CCCN(c2cnn(CCC(=O)O)c(=O)c2)C1. The van der Waals surface area contributed by atoms with Crippen LogP contribution in [0.4, 0.5) is 5.69 Å². The largest absolute Gasteiger partial charge is 0.481 e. The molecule has 1 N–H and O–H groups in total. The number of piperidine rings is 1. The molecule has 0 aliphatic carbocycles. The summed E-state index contributed by atoms with van der Waals surface area (Å²) in [5.74, 6) is -0.300. The highest BCUT2D eigenvalue weighted by Crippen LogP contribution is 2.20. The lowest BCUT2D eigenvalue weighted by Crippen LogP contribution is -2.35. The lowest BCUT2D eigenvalue weighted by molar-refractivity contribution is -0.137. The zero-order chi connectivity index (χ0) is 13.8. The van der Waals surface area contributed by atoms with Crippen molar-refractivity contribution in [1.82, 2.24) is 9.78 Å². The zero-order valence-corrected chi connectivity index (χ0v) is 11.1. The third-order valence-corrected chi connectivity index (χ3v) is 3.41. The van der Waals surface area contributed by atoms with E-state index in [-0.39, 0.29) is 18.5 Å². The first-order valence-electron chi connectivity index (χ1n) is 6.60. The molecule has 0 aromatic carbocycles. The van der Waals surface area contributed by atoms with Crippen LogP contribution >= 0.6 is 0 Å². The van der Waals surface area contributed by atoms with E-state index in [0.29, 0.717) is 5.92 Å². The van der Waals surface area contributed by atoms with Crippen LogP contribution in [0.1, 0.15) is 26.2 Å². The van der Waals surface area contributed by atoms with Crippen molar-refractivity contribution >= 4 is 11.7 Å². The van der Waals surface area contributed by atoms with Crippen LogP contribution in [0.25, 0.3) is 0 Å². The minimum absolute atomic E-state index is 0.0903. The van der Waals surface area contributed by atoms with Crippen LogP contribution in [0.15, 0.2) is 17.1 Å². The summed E-state index contributed by atoms with van der Waals surface area (Å²) in [6, 6.07) is 1.55. The molecule has 1 fully saturated rings. The molecule has 1 aromatic rings. The molecule has 1 aliphatic heterocycles. The van der Waals surface area contributed by atoms with Crippen molar-refractivity contribution in [3.8, 4) is 0 Å². The lowest BCUT2D eigenvalue weighted by atomic mass is 10.00. The Balaban J connectivity index is 2.09. The minimum Gasteiger partial charge on any atom is -0.481 e. The van der Waals surface area contributed by atoms with Gasteiger partial charge in [-0.05, 0) is 18.8 Å². The Morgan fingerprint density at radius 1 is 1.58 bits per heavy atom. The fourth-order valence-corrected chi connectivity index (χ4v) is 2.39. The molecule has 104 valence electrons. The topological polar surface area (TPSA) is 75.4 Å². The number of hydrogen-bond donors (Lipinski definition) is 1. The van der Waals surface area contributed by atoms with Gasteiger partial charge in [-0.15, -0.1) is 0 Å². The summed E-state index contributed by atoms with van der Waals surface area (Å²) in [6.45, 7) is 4.21. The predicted molar refractivity (Wildman–Crippen MR) is 71.4 cm³/mol. The zero-order valence-electron chi connectivity index (χ0n) is 11.1. The first-order valence-corrected chi connectivity index (χ1v) is 6.60. The van der Waals surface area contributed by atoms with E-state index in [4.69, 9.17) is 5.11 Å². The molecule has 6 nitrogen and oxygen atoms in total. The Morgan fingerprint density at radius 3 is 3.00 bits per heavy atom. The molecule has 19 heavy (non-hydrogen) atoms. The van der Waals surface area contributed by atoms with E-state index in [1.807, 2.05) is 0 Å². The van der Waals surface area contributed by atoms with E-state index >= 15 is 0 Å². The molecule has 1 saturated heterocycles. The van der Waals surface area contributed by atoms with E-state index in [0.717, 1.165) is 25.2 Å². The molecule has 0 spiro atoms. The lowest BCUT2D eigenvalue weighted by Gasteiger charge is -2.32. The van der Waals surface area contributed by atoms with Gasteiger partial charge in [0, 0.05) is 19.2 Å². The van der Waals surface area contributed by atoms with Crippen molar-refractivity contribution in [2.75, 3.05) is 18.0 Å². The van der Waals surface area contributed by atoms with Crippen molar-refractivity contribution in [2.45, 2.75) is 32.7 Å². The number of carbonyl (C=O) groups is 1. The van der Waals surface area contributed by atoms with Crippen LogP contribution in [0.2, 0.25) is 0 Å². The monoisotopic (exact) mass is 265 g/mol. The Morgan fingerprint density at radius 2 is 2.37 bits per heavy atom. The summed E-state index contributed by atoms with van der Waals surface area (Å²) in [5.41, 5.74) is 0.597. The maximum Gasteiger partial charge on any atom is 0.305 e. The third kappa shape index (κ3) is 3.56. The van der Waals surface area contributed by atoms with Crippen molar-refractivity contribution in [1.29, 1.82) is 0 Å². The van der Waals surface area contributed by atoms with Crippen molar-refractivity contribution < 1.29 is 9.90 Å². The third-order valence-electron chi connectivity index (χ3n) is 3.41. The molecular formula is C13H19N3O3. The van der Waals surface area contributed by atoms with Crippen molar-refractivity contribution in [2.24, 2.45) is 5.92 Å². The minimum atomic E-state index is -0.928. The molecule has 1 unspecified atom stereocenters. The van der Waals surface area contributed by atoms with Crippen LogP contribution in [-0.2, 0) is 11.3 Å². The molecule has 2 heterocycles. The highest BCUT2D eigenvalue weighted by Gasteiger charge is 2.17. The average molecular weight is 265 g/mol. The number of nitrogens with zero attached hydrogens (tertiary/aromatic N) is 3. The fraction of sp³-hybridized carbons (Fsp3) is 0.615. The number of hydrogen-bond acceptors (Lipinski definition) is 4. The smallest absolute Gasteiger partial charge is 0.305 e. The molecule has 0 amide bonds. The molecule has 1 aliphatic rings. The van der Waals surface area contributed by atoms with Gasteiger partial charge in [0.15, 0.2) is 0 Å². The Kier molecular flexibility index (Phi) is 4.19. The summed E-state index contributed by atoms with van der Waals surface area (Å²) < 4.78 is 1.20.